The molecule has 0 aliphatic heterocycles. The summed E-state index contributed by atoms with van der Waals surface area (Å²) in [5, 5.41) is 13.4. The van der Waals surface area contributed by atoms with Gasteiger partial charge in [0.15, 0.2) is 0 Å². The highest BCUT2D eigenvalue weighted by atomic mass is 19.4. The third-order valence-corrected chi connectivity index (χ3v) is 2.63. The van der Waals surface area contributed by atoms with Crippen molar-refractivity contribution in [2.75, 3.05) is 19.0 Å². The zero-order valence-electron chi connectivity index (χ0n) is 11.1. The van der Waals surface area contributed by atoms with Crippen LogP contribution in [0.25, 0.3) is 0 Å². The molecule has 1 aromatic heterocycles. The largest absolute Gasteiger partial charge is 0.433 e. The molecule has 0 saturated carbocycles. The van der Waals surface area contributed by atoms with Gasteiger partial charge in [-0.05, 0) is 19.9 Å². The minimum atomic E-state index is -4.66. The first-order valence-corrected chi connectivity index (χ1v) is 5.57. The molecule has 0 fully saturated rings. The normalized spacial score (nSPS) is 12.3. The summed E-state index contributed by atoms with van der Waals surface area (Å²) in [6.07, 6.45) is -4.08. The van der Waals surface area contributed by atoms with Crippen molar-refractivity contribution in [2.45, 2.75) is 25.6 Å². The summed E-state index contributed by atoms with van der Waals surface area (Å²) >= 11 is 0. The number of anilines is 1. The lowest BCUT2D eigenvalue weighted by molar-refractivity contribution is -0.384. The fourth-order valence-corrected chi connectivity index (χ4v) is 1.27. The number of alkyl halides is 3. The number of methoxy groups -OCH3 is 1. The lowest BCUT2D eigenvalue weighted by Crippen LogP contribution is -2.32. The molecule has 1 rings (SSSR count). The van der Waals surface area contributed by atoms with Gasteiger partial charge in [-0.1, -0.05) is 0 Å². The number of nitro groups is 1. The second-order valence-corrected chi connectivity index (χ2v) is 4.66. The van der Waals surface area contributed by atoms with Crippen molar-refractivity contribution in [2.24, 2.45) is 0 Å². The third-order valence-electron chi connectivity index (χ3n) is 2.63. The number of hydrogen-bond donors (Lipinski definition) is 1. The lowest BCUT2D eigenvalue weighted by atomic mass is 10.1. The molecular weight excluding hydrogens is 279 g/mol. The molecule has 1 N–H and O–H groups in total. The third kappa shape index (κ3) is 4.05. The predicted octanol–water partition coefficient (Wildman–Crippen LogP) is 2.85. The fourth-order valence-electron chi connectivity index (χ4n) is 1.27. The summed E-state index contributed by atoms with van der Waals surface area (Å²) in [5.74, 6) is 0. The first kappa shape index (κ1) is 16.2. The van der Waals surface area contributed by atoms with Crippen LogP contribution in [-0.4, -0.2) is 29.2 Å². The molecule has 0 aliphatic rings. The van der Waals surface area contributed by atoms with Gasteiger partial charge in [0.1, 0.15) is 17.6 Å². The molecule has 0 aliphatic carbocycles. The molecular formula is C11H14F3N3O3. The summed E-state index contributed by atoms with van der Waals surface area (Å²) in [7, 11) is 1.43. The van der Waals surface area contributed by atoms with Crippen LogP contribution in [0.4, 0.5) is 24.5 Å². The average Bonchev–Trinajstić information content (AvgIpc) is 2.35. The Morgan fingerprint density at radius 1 is 1.45 bits per heavy atom. The second-order valence-electron chi connectivity index (χ2n) is 4.66. The molecule has 112 valence electrons. The van der Waals surface area contributed by atoms with E-state index in [9.17, 15) is 23.3 Å². The van der Waals surface area contributed by atoms with Crippen molar-refractivity contribution in [3.05, 3.63) is 28.1 Å². The molecule has 1 aromatic rings. The zero-order valence-corrected chi connectivity index (χ0v) is 11.1. The number of nitrogens with one attached hydrogen (secondary N) is 1. The number of hydrogen-bond acceptors (Lipinski definition) is 5. The van der Waals surface area contributed by atoms with Crippen LogP contribution in [-0.2, 0) is 10.9 Å². The number of pyridine rings is 1. The van der Waals surface area contributed by atoms with Crippen LogP contribution in [0, 0.1) is 10.1 Å². The van der Waals surface area contributed by atoms with Crippen molar-refractivity contribution in [1.29, 1.82) is 0 Å². The van der Waals surface area contributed by atoms with E-state index in [0.29, 0.717) is 12.3 Å². The Bertz CT molecular complexity index is 503. The van der Waals surface area contributed by atoms with Crippen LogP contribution in [0.5, 0.6) is 0 Å². The van der Waals surface area contributed by atoms with Crippen LogP contribution >= 0.6 is 0 Å². The molecule has 6 nitrogen and oxygen atoms in total. The van der Waals surface area contributed by atoms with Crippen molar-refractivity contribution in [3.8, 4) is 0 Å². The Hall–Kier alpha value is -1.90. The summed E-state index contributed by atoms with van der Waals surface area (Å²) in [6.45, 7) is 3.49. The minimum absolute atomic E-state index is 0.103. The van der Waals surface area contributed by atoms with E-state index in [1.165, 1.54) is 7.11 Å². The molecule has 0 saturated heterocycles. The highest BCUT2D eigenvalue weighted by Crippen LogP contribution is 2.33. The number of nitrogens with zero attached hydrogens (tertiary/aromatic N) is 2. The van der Waals surface area contributed by atoms with Crippen LogP contribution < -0.4 is 5.32 Å². The SMILES string of the molecule is COC(C)(C)CNc1cc(C(F)(F)F)ncc1[N+](=O)[O-]. The van der Waals surface area contributed by atoms with E-state index in [4.69, 9.17) is 4.74 Å². The number of rotatable bonds is 5. The number of ether oxygens (including phenoxy) is 1. The Morgan fingerprint density at radius 2 is 2.05 bits per heavy atom. The summed E-state index contributed by atoms with van der Waals surface area (Å²) in [4.78, 5) is 13.1. The number of halogens is 3. The van der Waals surface area contributed by atoms with Crippen molar-refractivity contribution in [3.63, 3.8) is 0 Å². The Kier molecular flexibility index (Phi) is 4.53. The molecule has 0 bridgehead atoms. The summed E-state index contributed by atoms with van der Waals surface area (Å²) < 4.78 is 42.8. The summed E-state index contributed by atoms with van der Waals surface area (Å²) in [6, 6.07) is 0.615. The fraction of sp³-hybridized carbons (Fsp3) is 0.545. The minimum Gasteiger partial charge on any atom is -0.377 e. The van der Waals surface area contributed by atoms with Gasteiger partial charge in [0.2, 0.25) is 0 Å². The van der Waals surface area contributed by atoms with Gasteiger partial charge in [-0.2, -0.15) is 13.2 Å². The van der Waals surface area contributed by atoms with Gasteiger partial charge in [0, 0.05) is 13.7 Å². The van der Waals surface area contributed by atoms with Crippen molar-refractivity contribution < 1.29 is 22.8 Å². The highest BCUT2D eigenvalue weighted by molar-refractivity contribution is 5.61. The van der Waals surface area contributed by atoms with E-state index >= 15 is 0 Å². The topological polar surface area (TPSA) is 77.3 Å². The number of aromatic nitrogens is 1. The van der Waals surface area contributed by atoms with Crippen molar-refractivity contribution >= 4 is 11.4 Å². The quantitative estimate of drug-likeness (QED) is 0.667. The Labute approximate surface area is 113 Å². The van der Waals surface area contributed by atoms with E-state index in [0.717, 1.165) is 0 Å². The lowest BCUT2D eigenvalue weighted by Gasteiger charge is -2.23. The molecule has 20 heavy (non-hydrogen) atoms. The maximum atomic E-state index is 12.6. The molecule has 0 spiro atoms. The van der Waals surface area contributed by atoms with Crippen LogP contribution in [0.2, 0.25) is 0 Å². The van der Waals surface area contributed by atoms with Gasteiger partial charge in [-0.3, -0.25) is 10.1 Å². The smallest absolute Gasteiger partial charge is 0.377 e. The maximum Gasteiger partial charge on any atom is 0.433 e. The molecule has 1 heterocycles. The van der Waals surface area contributed by atoms with Gasteiger partial charge in [-0.25, -0.2) is 4.98 Å². The highest BCUT2D eigenvalue weighted by Gasteiger charge is 2.34. The van der Waals surface area contributed by atoms with Gasteiger partial charge in [0.05, 0.1) is 10.5 Å². The molecule has 0 radical (unpaired) electrons. The van der Waals surface area contributed by atoms with Gasteiger partial charge in [-0.15, -0.1) is 0 Å². The maximum absolute atomic E-state index is 12.6. The van der Waals surface area contributed by atoms with E-state index in [1.54, 1.807) is 13.8 Å². The van der Waals surface area contributed by atoms with E-state index in [1.807, 2.05) is 0 Å². The molecule has 0 aromatic carbocycles. The van der Waals surface area contributed by atoms with Gasteiger partial charge < -0.3 is 10.1 Å². The van der Waals surface area contributed by atoms with Crippen LogP contribution in [0.1, 0.15) is 19.5 Å². The van der Waals surface area contributed by atoms with Gasteiger partial charge in [0.25, 0.3) is 0 Å². The van der Waals surface area contributed by atoms with Gasteiger partial charge >= 0.3 is 11.9 Å². The first-order valence-electron chi connectivity index (χ1n) is 5.57. The molecule has 0 amide bonds. The standard InChI is InChI=1S/C11H14F3N3O3/c1-10(2,20-3)6-16-7-4-9(11(12,13)14)15-5-8(7)17(18)19/h4-5H,6H2,1-3H3,(H,15,16). The van der Waals surface area contributed by atoms with Crippen LogP contribution in [0.15, 0.2) is 12.3 Å². The zero-order chi connectivity index (χ0) is 15.6. The molecule has 0 atom stereocenters. The molecule has 0 unspecified atom stereocenters. The van der Waals surface area contributed by atoms with E-state index in [2.05, 4.69) is 10.3 Å². The summed E-state index contributed by atoms with van der Waals surface area (Å²) in [5.41, 5.74) is -2.65. The monoisotopic (exact) mass is 293 g/mol. The Balaban J connectivity index is 3.10. The first-order chi connectivity index (χ1) is 9.07. The van der Waals surface area contributed by atoms with E-state index in [-0.39, 0.29) is 12.2 Å². The van der Waals surface area contributed by atoms with E-state index < -0.39 is 28.1 Å². The van der Waals surface area contributed by atoms with Crippen LogP contribution in [0.3, 0.4) is 0 Å². The van der Waals surface area contributed by atoms with Crippen molar-refractivity contribution in [1.82, 2.24) is 4.98 Å². The Morgan fingerprint density at radius 3 is 2.50 bits per heavy atom. The second kappa shape index (κ2) is 5.61. The average molecular weight is 293 g/mol. The molecule has 9 heteroatoms. The predicted molar refractivity (Wildman–Crippen MR) is 65.5 cm³/mol.